The third-order valence-electron chi connectivity index (χ3n) is 3.90. The summed E-state index contributed by atoms with van der Waals surface area (Å²) in [5.74, 6) is 0.363. The van der Waals surface area contributed by atoms with Crippen molar-refractivity contribution < 1.29 is 9.53 Å². The largest absolute Gasteiger partial charge is 0.484 e. The molecule has 0 fully saturated rings. The number of benzene rings is 2. The maximum atomic E-state index is 11.8. The molecule has 1 amide bonds. The highest BCUT2D eigenvalue weighted by molar-refractivity contribution is 5.83. The van der Waals surface area contributed by atoms with Gasteiger partial charge in [0.2, 0.25) is 0 Å². The highest BCUT2D eigenvalue weighted by atomic mass is 16.5. The summed E-state index contributed by atoms with van der Waals surface area (Å²) >= 11 is 0. The fourth-order valence-corrected chi connectivity index (χ4v) is 2.27. The van der Waals surface area contributed by atoms with Crippen LogP contribution in [0.1, 0.15) is 31.9 Å². The summed E-state index contributed by atoms with van der Waals surface area (Å²) in [5, 5.41) is 3.96. The predicted octanol–water partition coefficient (Wildman–Crippen LogP) is 3.58. The standard InChI is InChI=1S/C21H27N3O2/c1-21(2,3)17-8-12-19(13-9-17)26-15-20(25)23-22-14-16-6-10-18(11-7-16)24(4)5/h6-14H,15H2,1-5H3,(H,23,25)/b22-14+. The molecule has 0 unspecified atom stereocenters. The van der Waals surface area contributed by atoms with Crippen molar-refractivity contribution in [2.75, 3.05) is 25.6 Å². The zero-order valence-electron chi connectivity index (χ0n) is 16.1. The molecule has 0 heterocycles. The Hall–Kier alpha value is -2.82. The van der Waals surface area contributed by atoms with Gasteiger partial charge in [-0.2, -0.15) is 5.10 Å². The van der Waals surface area contributed by atoms with Crippen molar-refractivity contribution in [2.24, 2.45) is 5.10 Å². The number of nitrogens with zero attached hydrogens (tertiary/aromatic N) is 2. The highest BCUT2D eigenvalue weighted by Gasteiger charge is 2.13. The topological polar surface area (TPSA) is 53.9 Å². The quantitative estimate of drug-likeness (QED) is 0.638. The van der Waals surface area contributed by atoms with Crippen LogP contribution in [-0.4, -0.2) is 32.8 Å². The van der Waals surface area contributed by atoms with Gasteiger partial charge in [0.25, 0.3) is 5.91 Å². The van der Waals surface area contributed by atoms with Crippen molar-refractivity contribution in [1.82, 2.24) is 5.43 Å². The predicted molar refractivity (Wildman–Crippen MR) is 107 cm³/mol. The van der Waals surface area contributed by atoms with E-state index in [0.29, 0.717) is 5.75 Å². The van der Waals surface area contributed by atoms with Crippen molar-refractivity contribution in [3.05, 3.63) is 59.7 Å². The van der Waals surface area contributed by atoms with Crippen LogP contribution in [0.3, 0.4) is 0 Å². The number of hydrogen-bond donors (Lipinski definition) is 1. The molecule has 0 saturated carbocycles. The number of hydrogen-bond acceptors (Lipinski definition) is 4. The second-order valence-corrected chi connectivity index (χ2v) is 7.34. The smallest absolute Gasteiger partial charge is 0.277 e. The van der Waals surface area contributed by atoms with E-state index in [0.717, 1.165) is 11.3 Å². The van der Waals surface area contributed by atoms with Crippen LogP contribution in [0.4, 0.5) is 5.69 Å². The van der Waals surface area contributed by atoms with Crippen LogP contribution in [0.5, 0.6) is 5.75 Å². The Balaban J connectivity index is 1.79. The lowest BCUT2D eigenvalue weighted by molar-refractivity contribution is -0.123. The number of carbonyl (C=O) groups excluding carboxylic acids is 1. The first-order valence-electron chi connectivity index (χ1n) is 8.58. The Kier molecular flexibility index (Phi) is 6.39. The number of carbonyl (C=O) groups is 1. The van der Waals surface area contributed by atoms with Gasteiger partial charge in [-0.1, -0.05) is 45.0 Å². The molecule has 2 rings (SSSR count). The minimum atomic E-state index is -0.300. The molecule has 2 aromatic rings. The molecule has 1 N–H and O–H groups in total. The molecule has 5 heteroatoms. The van der Waals surface area contributed by atoms with E-state index in [-0.39, 0.29) is 17.9 Å². The molecule has 0 spiro atoms. The van der Waals surface area contributed by atoms with Crippen molar-refractivity contribution in [2.45, 2.75) is 26.2 Å². The van der Waals surface area contributed by atoms with Crippen LogP contribution < -0.4 is 15.1 Å². The zero-order valence-corrected chi connectivity index (χ0v) is 16.1. The Morgan fingerprint density at radius 1 is 1.08 bits per heavy atom. The van der Waals surface area contributed by atoms with E-state index in [2.05, 4.69) is 31.3 Å². The van der Waals surface area contributed by atoms with Crippen LogP contribution in [0.25, 0.3) is 0 Å². The maximum absolute atomic E-state index is 11.8. The van der Waals surface area contributed by atoms with E-state index in [1.165, 1.54) is 5.56 Å². The summed E-state index contributed by atoms with van der Waals surface area (Å²) < 4.78 is 5.49. The molecular formula is C21H27N3O2. The van der Waals surface area contributed by atoms with Gasteiger partial charge < -0.3 is 9.64 Å². The number of anilines is 1. The summed E-state index contributed by atoms with van der Waals surface area (Å²) in [7, 11) is 3.97. The zero-order chi connectivity index (χ0) is 19.2. The average molecular weight is 353 g/mol. The van der Waals surface area contributed by atoms with E-state index in [9.17, 15) is 4.79 Å². The van der Waals surface area contributed by atoms with E-state index in [4.69, 9.17) is 4.74 Å². The second-order valence-electron chi connectivity index (χ2n) is 7.34. The summed E-state index contributed by atoms with van der Waals surface area (Å²) in [4.78, 5) is 13.8. The summed E-state index contributed by atoms with van der Waals surface area (Å²) in [6.07, 6.45) is 1.61. The van der Waals surface area contributed by atoms with Gasteiger partial charge in [0.05, 0.1) is 6.21 Å². The van der Waals surface area contributed by atoms with Gasteiger partial charge in [0, 0.05) is 19.8 Å². The van der Waals surface area contributed by atoms with Gasteiger partial charge in [-0.3, -0.25) is 4.79 Å². The Labute approximate surface area is 155 Å². The molecule has 5 nitrogen and oxygen atoms in total. The van der Waals surface area contributed by atoms with Gasteiger partial charge in [0.15, 0.2) is 6.61 Å². The van der Waals surface area contributed by atoms with Crippen molar-refractivity contribution in [3.63, 3.8) is 0 Å². The fraction of sp³-hybridized carbons (Fsp3) is 0.333. The first kappa shape index (κ1) is 19.5. The molecule has 0 atom stereocenters. The van der Waals surface area contributed by atoms with Crippen molar-refractivity contribution in [3.8, 4) is 5.75 Å². The average Bonchev–Trinajstić information content (AvgIpc) is 2.60. The molecule has 0 aliphatic rings. The summed E-state index contributed by atoms with van der Waals surface area (Å²) in [6.45, 7) is 6.39. The molecule has 0 aromatic heterocycles. The second kappa shape index (κ2) is 8.52. The fourth-order valence-electron chi connectivity index (χ4n) is 2.27. The third kappa shape index (κ3) is 5.92. The minimum Gasteiger partial charge on any atom is -0.484 e. The number of hydrazone groups is 1. The van der Waals surface area contributed by atoms with Crippen LogP contribution >= 0.6 is 0 Å². The number of rotatable bonds is 6. The molecule has 0 bridgehead atoms. The molecule has 0 aliphatic heterocycles. The normalized spacial score (nSPS) is 11.4. The van der Waals surface area contributed by atoms with E-state index in [1.807, 2.05) is 67.5 Å². The number of amides is 1. The van der Waals surface area contributed by atoms with Gasteiger partial charge in [-0.25, -0.2) is 5.43 Å². The van der Waals surface area contributed by atoms with Crippen molar-refractivity contribution >= 4 is 17.8 Å². The van der Waals surface area contributed by atoms with Crippen LogP contribution in [0.2, 0.25) is 0 Å². The number of nitrogens with one attached hydrogen (secondary N) is 1. The van der Waals surface area contributed by atoms with E-state index >= 15 is 0 Å². The van der Waals surface area contributed by atoms with E-state index in [1.54, 1.807) is 6.21 Å². The van der Waals surface area contributed by atoms with Gasteiger partial charge >= 0.3 is 0 Å². The third-order valence-corrected chi connectivity index (χ3v) is 3.90. The lowest BCUT2D eigenvalue weighted by Crippen LogP contribution is -2.24. The Bertz CT molecular complexity index is 742. The molecule has 0 aliphatic carbocycles. The van der Waals surface area contributed by atoms with Gasteiger partial charge in [-0.05, 0) is 40.8 Å². The van der Waals surface area contributed by atoms with Gasteiger partial charge in [0.1, 0.15) is 5.75 Å². The van der Waals surface area contributed by atoms with Crippen LogP contribution in [-0.2, 0) is 10.2 Å². The van der Waals surface area contributed by atoms with E-state index < -0.39 is 0 Å². The monoisotopic (exact) mass is 353 g/mol. The molecule has 0 radical (unpaired) electrons. The van der Waals surface area contributed by atoms with Crippen molar-refractivity contribution in [1.29, 1.82) is 0 Å². The lowest BCUT2D eigenvalue weighted by Gasteiger charge is -2.19. The Morgan fingerprint density at radius 3 is 2.23 bits per heavy atom. The van der Waals surface area contributed by atoms with Crippen LogP contribution in [0.15, 0.2) is 53.6 Å². The SMILES string of the molecule is CN(C)c1ccc(/C=N/NC(=O)COc2ccc(C(C)(C)C)cc2)cc1. The molecular weight excluding hydrogens is 326 g/mol. The minimum absolute atomic E-state index is 0.0776. The Morgan fingerprint density at radius 2 is 1.69 bits per heavy atom. The van der Waals surface area contributed by atoms with Crippen LogP contribution in [0, 0.1) is 0 Å². The van der Waals surface area contributed by atoms with Gasteiger partial charge in [-0.15, -0.1) is 0 Å². The first-order chi connectivity index (χ1) is 12.3. The molecule has 0 saturated heterocycles. The maximum Gasteiger partial charge on any atom is 0.277 e. The summed E-state index contributed by atoms with van der Waals surface area (Å²) in [6, 6.07) is 15.7. The molecule has 138 valence electrons. The lowest BCUT2D eigenvalue weighted by atomic mass is 9.87. The molecule has 2 aromatic carbocycles. The number of ether oxygens (including phenoxy) is 1. The first-order valence-corrected chi connectivity index (χ1v) is 8.58. The molecule has 26 heavy (non-hydrogen) atoms. The summed E-state index contributed by atoms with van der Waals surface area (Å²) in [5.41, 5.74) is 5.80. The highest BCUT2D eigenvalue weighted by Crippen LogP contribution is 2.24.